The predicted octanol–water partition coefficient (Wildman–Crippen LogP) is 3.55. The Morgan fingerprint density at radius 1 is 1.21 bits per heavy atom. The molecule has 2 aromatic carbocycles. The molecule has 1 heterocycles. The van der Waals surface area contributed by atoms with Crippen molar-refractivity contribution in [3.05, 3.63) is 52.8 Å². The number of hydrogen-bond acceptors (Lipinski definition) is 7. The van der Waals surface area contributed by atoms with Crippen LogP contribution in [0.3, 0.4) is 0 Å². The summed E-state index contributed by atoms with van der Waals surface area (Å²) in [5, 5.41) is 13.1. The molecule has 3 aromatic rings. The van der Waals surface area contributed by atoms with E-state index in [2.05, 4.69) is 16.4 Å². The third-order valence-electron chi connectivity index (χ3n) is 5.49. The van der Waals surface area contributed by atoms with Crippen LogP contribution in [0.1, 0.15) is 20.8 Å². The lowest BCUT2D eigenvalue weighted by Gasteiger charge is -2.27. The van der Waals surface area contributed by atoms with E-state index in [4.69, 9.17) is 9.47 Å². The first-order valence-electron chi connectivity index (χ1n) is 10.3. The summed E-state index contributed by atoms with van der Waals surface area (Å²) >= 11 is 1.12. The molecule has 9 heteroatoms. The van der Waals surface area contributed by atoms with E-state index in [1.807, 2.05) is 13.8 Å². The Morgan fingerprint density at radius 3 is 2.55 bits per heavy atom. The number of para-hydroxylation sites is 1. The summed E-state index contributed by atoms with van der Waals surface area (Å²) in [4.78, 5) is 30.7. The van der Waals surface area contributed by atoms with E-state index < -0.39 is 5.54 Å². The highest BCUT2D eigenvalue weighted by atomic mass is 32.2. The lowest BCUT2D eigenvalue weighted by Crippen LogP contribution is -2.49. The van der Waals surface area contributed by atoms with Gasteiger partial charge in [0.15, 0.2) is 16.7 Å². The minimum absolute atomic E-state index is 0.0118. The number of rotatable bonds is 8. The molecule has 0 saturated heterocycles. The average molecular weight is 467 g/mol. The smallest absolute Gasteiger partial charge is 0.266 e. The summed E-state index contributed by atoms with van der Waals surface area (Å²) in [5.74, 6) is 0.591. The van der Waals surface area contributed by atoms with Crippen LogP contribution in [-0.4, -0.2) is 41.0 Å². The van der Waals surface area contributed by atoms with Gasteiger partial charge in [-0.25, -0.2) is 4.98 Å². The molecule has 0 spiro atoms. The number of aromatic nitrogens is 2. The highest BCUT2D eigenvalue weighted by molar-refractivity contribution is 7.99. The van der Waals surface area contributed by atoms with E-state index >= 15 is 0 Å². The topological polar surface area (TPSA) is 106 Å². The van der Waals surface area contributed by atoms with Gasteiger partial charge in [0, 0.05) is 6.07 Å². The first-order valence-corrected chi connectivity index (χ1v) is 11.3. The molecule has 1 N–H and O–H groups in total. The number of ether oxygens (including phenoxy) is 2. The number of nitriles is 1. The highest BCUT2D eigenvalue weighted by Gasteiger charge is 2.30. The second-order valence-corrected chi connectivity index (χ2v) is 8.84. The summed E-state index contributed by atoms with van der Waals surface area (Å²) in [5.41, 5.74) is -0.189. The van der Waals surface area contributed by atoms with Crippen LogP contribution in [-0.2, 0) is 4.79 Å². The molecule has 33 heavy (non-hydrogen) atoms. The third-order valence-corrected chi connectivity index (χ3v) is 6.43. The molecule has 3 rings (SSSR count). The Labute approximate surface area is 196 Å². The summed E-state index contributed by atoms with van der Waals surface area (Å²) < 4.78 is 12.1. The minimum atomic E-state index is -0.989. The van der Waals surface area contributed by atoms with Gasteiger partial charge in [-0.1, -0.05) is 37.7 Å². The van der Waals surface area contributed by atoms with Gasteiger partial charge < -0.3 is 14.8 Å². The quantitative estimate of drug-likeness (QED) is 0.400. The Kier molecular flexibility index (Phi) is 7.29. The zero-order valence-electron chi connectivity index (χ0n) is 19.2. The van der Waals surface area contributed by atoms with Gasteiger partial charge in [-0.3, -0.25) is 14.2 Å². The van der Waals surface area contributed by atoms with Gasteiger partial charge in [-0.05, 0) is 37.1 Å². The number of amides is 1. The number of carbonyl (C=O) groups is 1. The van der Waals surface area contributed by atoms with E-state index in [1.165, 1.54) is 18.8 Å². The van der Waals surface area contributed by atoms with Crippen molar-refractivity contribution in [3.8, 4) is 23.3 Å². The molecule has 0 aliphatic carbocycles. The fraction of sp³-hybridized carbons (Fsp3) is 0.333. The van der Waals surface area contributed by atoms with Gasteiger partial charge in [0.05, 0.1) is 42.6 Å². The summed E-state index contributed by atoms with van der Waals surface area (Å²) in [7, 11) is 3.05. The average Bonchev–Trinajstić information content (AvgIpc) is 2.82. The molecule has 0 radical (unpaired) electrons. The normalized spacial score (nSPS) is 12.8. The summed E-state index contributed by atoms with van der Waals surface area (Å²) in [6.07, 6.45) is 0. The molecule has 0 bridgehead atoms. The summed E-state index contributed by atoms with van der Waals surface area (Å²) in [6.45, 7) is 5.43. The molecule has 0 unspecified atom stereocenters. The van der Waals surface area contributed by atoms with Crippen molar-refractivity contribution in [2.75, 3.05) is 20.0 Å². The fourth-order valence-corrected chi connectivity index (χ4v) is 3.97. The molecule has 0 aliphatic rings. The number of fused-ring (bicyclic) bond motifs is 1. The van der Waals surface area contributed by atoms with Crippen molar-refractivity contribution in [2.24, 2.45) is 5.92 Å². The van der Waals surface area contributed by atoms with E-state index in [9.17, 15) is 14.9 Å². The van der Waals surface area contributed by atoms with Gasteiger partial charge in [0.25, 0.3) is 5.56 Å². The third kappa shape index (κ3) is 4.96. The van der Waals surface area contributed by atoms with Crippen LogP contribution in [0.25, 0.3) is 16.6 Å². The lowest BCUT2D eigenvalue weighted by molar-refractivity contribution is -0.120. The molecule has 0 aliphatic heterocycles. The van der Waals surface area contributed by atoms with Crippen molar-refractivity contribution in [2.45, 2.75) is 31.5 Å². The van der Waals surface area contributed by atoms with Crippen molar-refractivity contribution >= 4 is 28.6 Å². The van der Waals surface area contributed by atoms with Crippen molar-refractivity contribution in [3.63, 3.8) is 0 Å². The zero-order chi connectivity index (χ0) is 24.2. The molecular weight excluding hydrogens is 440 g/mol. The molecule has 0 fully saturated rings. The monoisotopic (exact) mass is 466 g/mol. The van der Waals surface area contributed by atoms with Crippen molar-refractivity contribution < 1.29 is 14.3 Å². The number of nitrogens with one attached hydrogen (secondary N) is 1. The van der Waals surface area contributed by atoms with E-state index in [-0.39, 0.29) is 23.1 Å². The van der Waals surface area contributed by atoms with Crippen molar-refractivity contribution in [1.82, 2.24) is 14.9 Å². The first-order chi connectivity index (χ1) is 15.7. The highest BCUT2D eigenvalue weighted by Crippen LogP contribution is 2.30. The van der Waals surface area contributed by atoms with Gasteiger partial charge >= 0.3 is 0 Å². The van der Waals surface area contributed by atoms with Gasteiger partial charge in [0.2, 0.25) is 5.91 Å². The van der Waals surface area contributed by atoms with Crippen LogP contribution in [0.2, 0.25) is 0 Å². The lowest BCUT2D eigenvalue weighted by atomic mass is 9.90. The SMILES string of the molecule is COc1ccc(-n2c(SCC(=O)N[C@](C)(C#N)C(C)C)nc3ccccc3c2=O)cc1OC. The fourth-order valence-electron chi connectivity index (χ4n) is 3.16. The van der Waals surface area contributed by atoms with E-state index in [0.717, 1.165) is 11.8 Å². The van der Waals surface area contributed by atoms with Gasteiger partial charge in [0.1, 0.15) is 5.54 Å². The predicted molar refractivity (Wildman–Crippen MR) is 128 cm³/mol. The van der Waals surface area contributed by atoms with E-state index in [1.54, 1.807) is 49.4 Å². The van der Waals surface area contributed by atoms with Crippen LogP contribution < -0.4 is 20.3 Å². The molecule has 172 valence electrons. The second-order valence-electron chi connectivity index (χ2n) is 7.90. The first kappa shape index (κ1) is 24.1. The maximum Gasteiger partial charge on any atom is 0.266 e. The maximum absolute atomic E-state index is 13.4. The Morgan fingerprint density at radius 2 is 1.91 bits per heavy atom. The largest absolute Gasteiger partial charge is 0.493 e. The number of thioether (sulfide) groups is 1. The zero-order valence-corrected chi connectivity index (χ0v) is 20.0. The maximum atomic E-state index is 13.4. The molecule has 8 nitrogen and oxygen atoms in total. The Balaban J connectivity index is 2.04. The Bertz CT molecular complexity index is 1280. The molecular formula is C24H26N4O4S. The standard InChI is InChI=1S/C24H26N4O4S/c1-15(2)24(3,14-25)27-21(29)13-33-23-26-18-9-7-6-8-17(18)22(30)28(23)16-10-11-19(31-4)20(12-16)32-5/h6-12,15H,13H2,1-5H3,(H,27,29)/t24-/m1/s1. The van der Waals surface area contributed by atoms with Gasteiger partial charge in [-0.2, -0.15) is 5.26 Å². The molecule has 0 saturated carbocycles. The number of benzene rings is 2. The molecule has 1 amide bonds. The minimum Gasteiger partial charge on any atom is -0.493 e. The number of hydrogen-bond donors (Lipinski definition) is 1. The van der Waals surface area contributed by atoms with Crippen LogP contribution in [0.15, 0.2) is 52.4 Å². The van der Waals surface area contributed by atoms with Crippen LogP contribution in [0.4, 0.5) is 0 Å². The second kappa shape index (κ2) is 9.96. The Hall–Kier alpha value is -3.51. The molecule has 1 atom stereocenters. The van der Waals surface area contributed by atoms with Crippen LogP contribution in [0.5, 0.6) is 11.5 Å². The van der Waals surface area contributed by atoms with E-state index in [0.29, 0.717) is 33.2 Å². The number of nitrogens with zero attached hydrogens (tertiary/aromatic N) is 3. The molecule has 1 aromatic heterocycles. The van der Waals surface area contributed by atoms with Crippen molar-refractivity contribution in [1.29, 1.82) is 5.26 Å². The summed E-state index contributed by atoms with van der Waals surface area (Å²) in [6, 6.07) is 14.3. The van der Waals surface area contributed by atoms with Gasteiger partial charge in [-0.15, -0.1) is 0 Å². The van der Waals surface area contributed by atoms with Crippen LogP contribution >= 0.6 is 11.8 Å². The number of methoxy groups -OCH3 is 2. The number of carbonyl (C=O) groups excluding carboxylic acids is 1. The van der Waals surface area contributed by atoms with Crippen LogP contribution in [0, 0.1) is 17.2 Å².